The van der Waals surface area contributed by atoms with Gasteiger partial charge < -0.3 is 14.6 Å². The Kier molecular flexibility index (Phi) is 5.06. The number of carboxylic acid groups (broad SMARTS) is 1. The van der Waals surface area contributed by atoms with Crippen molar-refractivity contribution >= 4 is 17.6 Å². The van der Waals surface area contributed by atoms with Gasteiger partial charge in [0.1, 0.15) is 17.1 Å². The number of methoxy groups -OCH3 is 1. The third-order valence-corrected chi connectivity index (χ3v) is 3.21. The van der Waals surface area contributed by atoms with E-state index in [4.69, 9.17) is 26.2 Å². The van der Waals surface area contributed by atoms with Crippen molar-refractivity contribution < 1.29 is 19.4 Å². The molecule has 0 amide bonds. The van der Waals surface area contributed by atoms with Crippen molar-refractivity contribution in [3.8, 4) is 11.5 Å². The fourth-order valence-corrected chi connectivity index (χ4v) is 2.04. The molecule has 0 aliphatic carbocycles. The molecule has 0 heterocycles. The van der Waals surface area contributed by atoms with Crippen LogP contribution in [0.3, 0.4) is 0 Å². The first-order valence-electron chi connectivity index (χ1n) is 6.38. The molecule has 0 spiro atoms. The van der Waals surface area contributed by atoms with Crippen LogP contribution < -0.4 is 9.47 Å². The number of halogens is 1. The van der Waals surface area contributed by atoms with Crippen LogP contribution in [0.4, 0.5) is 0 Å². The Morgan fingerprint density at radius 3 is 2.52 bits per heavy atom. The zero-order valence-electron chi connectivity index (χ0n) is 11.5. The summed E-state index contributed by atoms with van der Waals surface area (Å²) in [5.74, 6) is 0.0582. The number of carbonyl (C=O) groups is 1. The van der Waals surface area contributed by atoms with Gasteiger partial charge in [-0.15, -0.1) is 0 Å². The lowest BCUT2D eigenvalue weighted by Crippen LogP contribution is -2.06. The minimum absolute atomic E-state index is 0.0669. The first-order chi connectivity index (χ1) is 10.1. The van der Waals surface area contributed by atoms with Gasteiger partial charge in [0.25, 0.3) is 0 Å². The van der Waals surface area contributed by atoms with E-state index >= 15 is 0 Å². The van der Waals surface area contributed by atoms with E-state index in [2.05, 4.69) is 0 Å². The smallest absolute Gasteiger partial charge is 0.339 e. The Hall–Kier alpha value is -2.20. The number of aromatic carboxylic acids is 1. The van der Waals surface area contributed by atoms with Crippen LogP contribution in [0.15, 0.2) is 42.5 Å². The van der Waals surface area contributed by atoms with Crippen LogP contribution >= 0.6 is 11.6 Å². The molecule has 0 saturated heterocycles. The number of hydrogen-bond acceptors (Lipinski definition) is 3. The molecule has 2 aromatic rings. The van der Waals surface area contributed by atoms with Gasteiger partial charge in [-0.3, -0.25) is 0 Å². The van der Waals surface area contributed by atoms with Gasteiger partial charge in [-0.2, -0.15) is 0 Å². The van der Waals surface area contributed by atoms with Crippen molar-refractivity contribution in [3.63, 3.8) is 0 Å². The Labute approximate surface area is 127 Å². The molecule has 0 unspecified atom stereocenters. The van der Waals surface area contributed by atoms with Gasteiger partial charge in [-0.25, -0.2) is 4.79 Å². The Balaban J connectivity index is 1.98. The third kappa shape index (κ3) is 4.13. The molecule has 4 nitrogen and oxygen atoms in total. The van der Waals surface area contributed by atoms with Gasteiger partial charge in [0.05, 0.1) is 13.7 Å². The number of ether oxygens (including phenoxy) is 2. The monoisotopic (exact) mass is 306 g/mol. The van der Waals surface area contributed by atoms with Crippen LogP contribution in [0.1, 0.15) is 15.9 Å². The molecule has 2 aromatic carbocycles. The molecule has 2 rings (SSSR count). The molecule has 0 saturated carbocycles. The average Bonchev–Trinajstić information content (AvgIpc) is 2.49. The maximum absolute atomic E-state index is 11.1. The van der Waals surface area contributed by atoms with Crippen LogP contribution in [0, 0.1) is 0 Å². The molecular weight excluding hydrogens is 292 g/mol. The van der Waals surface area contributed by atoms with E-state index in [1.807, 2.05) is 24.3 Å². The predicted octanol–water partition coefficient (Wildman–Crippen LogP) is 3.67. The van der Waals surface area contributed by atoms with Gasteiger partial charge in [0.2, 0.25) is 0 Å². The topological polar surface area (TPSA) is 55.8 Å². The van der Waals surface area contributed by atoms with E-state index in [0.717, 1.165) is 11.3 Å². The summed E-state index contributed by atoms with van der Waals surface area (Å²) in [6.45, 7) is 0.383. The lowest BCUT2D eigenvalue weighted by Gasteiger charge is -2.09. The Bertz CT molecular complexity index is 623. The van der Waals surface area contributed by atoms with Gasteiger partial charge in [-0.05, 0) is 35.9 Å². The van der Waals surface area contributed by atoms with Gasteiger partial charge >= 0.3 is 5.97 Å². The van der Waals surface area contributed by atoms with Crippen LogP contribution in [0.5, 0.6) is 11.5 Å². The Morgan fingerprint density at radius 2 is 1.90 bits per heavy atom. The van der Waals surface area contributed by atoms with Crippen molar-refractivity contribution in [1.82, 2.24) is 0 Å². The molecule has 0 bridgehead atoms. The summed E-state index contributed by atoms with van der Waals surface area (Å²) in [5.41, 5.74) is 1.15. The molecule has 0 aliphatic heterocycles. The zero-order chi connectivity index (χ0) is 15.2. The summed E-state index contributed by atoms with van der Waals surface area (Å²) < 4.78 is 10.6. The molecule has 0 atom stereocenters. The number of benzene rings is 2. The normalized spacial score (nSPS) is 10.2. The fraction of sp³-hybridized carbons (Fsp3) is 0.188. The largest absolute Gasteiger partial charge is 0.497 e. The maximum Gasteiger partial charge on any atom is 0.339 e. The standard InChI is InChI=1S/C16H15ClO4/c1-20-13-5-2-11(3-6-13)8-9-21-15-7-4-12(17)10-14(15)16(18)19/h2-7,10H,8-9H2,1H3,(H,18,19). The van der Waals surface area contributed by atoms with E-state index in [-0.39, 0.29) is 5.56 Å². The molecular formula is C16H15ClO4. The van der Waals surface area contributed by atoms with Crippen molar-refractivity contribution in [2.24, 2.45) is 0 Å². The van der Waals surface area contributed by atoms with Crippen molar-refractivity contribution in [1.29, 1.82) is 0 Å². The molecule has 5 heteroatoms. The second-order valence-electron chi connectivity index (χ2n) is 4.39. The van der Waals surface area contributed by atoms with E-state index in [1.54, 1.807) is 19.2 Å². The fourth-order valence-electron chi connectivity index (χ4n) is 1.87. The molecule has 110 valence electrons. The highest BCUT2D eigenvalue weighted by Gasteiger charge is 2.11. The summed E-state index contributed by atoms with van der Waals surface area (Å²) in [6.07, 6.45) is 0.672. The maximum atomic E-state index is 11.1. The minimum Gasteiger partial charge on any atom is -0.497 e. The second-order valence-corrected chi connectivity index (χ2v) is 4.83. The number of hydrogen-bond donors (Lipinski definition) is 1. The third-order valence-electron chi connectivity index (χ3n) is 2.98. The zero-order valence-corrected chi connectivity index (χ0v) is 12.3. The van der Waals surface area contributed by atoms with Crippen LogP contribution in [0.25, 0.3) is 0 Å². The molecule has 0 radical (unpaired) electrons. The summed E-state index contributed by atoms with van der Waals surface area (Å²) in [7, 11) is 1.62. The first kappa shape index (κ1) is 15.2. The van der Waals surface area contributed by atoms with Crippen molar-refractivity contribution in [2.75, 3.05) is 13.7 Å². The average molecular weight is 307 g/mol. The van der Waals surface area contributed by atoms with E-state index in [9.17, 15) is 4.79 Å². The molecule has 0 aliphatic rings. The molecule has 0 fully saturated rings. The van der Waals surface area contributed by atoms with Crippen LogP contribution in [0.2, 0.25) is 5.02 Å². The highest BCUT2D eigenvalue weighted by Crippen LogP contribution is 2.23. The Morgan fingerprint density at radius 1 is 1.19 bits per heavy atom. The highest BCUT2D eigenvalue weighted by molar-refractivity contribution is 6.31. The summed E-state index contributed by atoms with van der Waals surface area (Å²) in [5, 5.41) is 9.48. The summed E-state index contributed by atoms with van der Waals surface area (Å²) in [4.78, 5) is 11.1. The van der Waals surface area contributed by atoms with Crippen molar-refractivity contribution in [3.05, 3.63) is 58.6 Å². The van der Waals surface area contributed by atoms with Gasteiger partial charge in [-0.1, -0.05) is 23.7 Å². The molecule has 21 heavy (non-hydrogen) atoms. The lowest BCUT2D eigenvalue weighted by molar-refractivity contribution is 0.0692. The summed E-state index contributed by atoms with van der Waals surface area (Å²) in [6, 6.07) is 12.2. The lowest BCUT2D eigenvalue weighted by atomic mass is 10.1. The first-order valence-corrected chi connectivity index (χ1v) is 6.76. The number of rotatable bonds is 6. The molecule has 1 N–H and O–H groups in total. The molecule has 0 aromatic heterocycles. The highest BCUT2D eigenvalue weighted by atomic mass is 35.5. The van der Waals surface area contributed by atoms with E-state index in [1.165, 1.54) is 6.07 Å². The summed E-state index contributed by atoms with van der Waals surface area (Å²) >= 11 is 5.79. The SMILES string of the molecule is COc1ccc(CCOc2ccc(Cl)cc2C(=O)O)cc1. The van der Waals surface area contributed by atoms with Crippen LogP contribution in [-0.4, -0.2) is 24.8 Å². The quantitative estimate of drug-likeness (QED) is 0.884. The second kappa shape index (κ2) is 6.99. The van der Waals surface area contributed by atoms with E-state index < -0.39 is 5.97 Å². The van der Waals surface area contributed by atoms with Crippen molar-refractivity contribution in [2.45, 2.75) is 6.42 Å². The van der Waals surface area contributed by atoms with Gasteiger partial charge in [0, 0.05) is 11.4 Å². The minimum atomic E-state index is -1.06. The predicted molar refractivity (Wildman–Crippen MR) is 80.6 cm³/mol. The number of carboxylic acids is 1. The van der Waals surface area contributed by atoms with Gasteiger partial charge in [0.15, 0.2) is 0 Å². The van der Waals surface area contributed by atoms with Crippen LogP contribution in [-0.2, 0) is 6.42 Å². The van der Waals surface area contributed by atoms with E-state index in [0.29, 0.717) is 23.8 Å².